The van der Waals surface area contributed by atoms with Gasteiger partial charge in [0, 0.05) is 17.0 Å². The molecule has 26 heavy (non-hydrogen) atoms. The average molecular weight is 386 g/mol. The topological polar surface area (TPSA) is 72.2 Å². The molecule has 0 aliphatic heterocycles. The molecule has 0 saturated heterocycles. The molecule has 8 heteroatoms. The van der Waals surface area contributed by atoms with Gasteiger partial charge in [0.05, 0.1) is 12.0 Å². The highest BCUT2D eigenvalue weighted by atomic mass is 32.2. The summed E-state index contributed by atoms with van der Waals surface area (Å²) >= 11 is 2.92. The summed E-state index contributed by atoms with van der Waals surface area (Å²) in [6.07, 6.45) is 1.64. The molecule has 1 N–H and O–H groups in total. The van der Waals surface area contributed by atoms with Gasteiger partial charge in [-0.2, -0.15) is 5.10 Å². The Bertz CT molecular complexity index is 885. The van der Waals surface area contributed by atoms with Crippen molar-refractivity contribution in [2.24, 2.45) is 5.10 Å². The van der Waals surface area contributed by atoms with Crippen molar-refractivity contribution < 1.29 is 4.79 Å². The largest absolute Gasteiger partial charge is 0.302 e. The molecule has 2 heterocycles. The molecule has 0 radical (unpaired) electrons. The Morgan fingerprint density at radius 3 is 2.81 bits per heavy atom. The second-order valence-corrected chi connectivity index (χ2v) is 7.44. The number of carbonyl (C=O) groups excluding carboxylic acids is 1. The predicted octanol–water partition coefficient (Wildman–Crippen LogP) is 3.58. The number of nitrogens with zero attached hydrogens (tertiary/aromatic N) is 4. The predicted molar refractivity (Wildman–Crippen MR) is 107 cm³/mol. The van der Waals surface area contributed by atoms with Gasteiger partial charge in [0.1, 0.15) is 0 Å². The Morgan fingerprint density at radius 1 is 1.31 bits per heavy atom. The molecule has 0 unspecified atom stereocenters. The smallest absolute Gasteiger partial charge is 0.250 e. The maximum atomic E-state index is 12.0. The highest BCUT2D eigenvalue weighted by Crippen LogP contribution is 2.24. The van der Waals surface area contributed by atoms with Crippen molar-refractivity contribution in [2.45, 2.75) is 25.5 Å². The summed E-state index contributed by atoms with van der Waals surface area (Å²) < 4.78 is 2.01. The Kier molecular flexibility index (Phi) is 6.19. The number of aromatic nitrogens is 3. The minimum absolute atomic E-state index is 0.176. The van der Waals surface area contributed by atoms with Crippen LogP contribution in [0.3, 0.4) is 0 Å². The lowest BCUT2D eigenvalue weighted by molar-refractivity contribution is -0.118. The van der Waals surface area contributed by atoms with Crippen molar-refractivity contribution in [3.05, 3.63) is 52.2 Å². The van der Waals surface area contributed by atoms with E-state index < -0.39 is 0 Å². The van der Waals surface area contributed by atoms with Crippen molar-refractivity contribution in [3.63, 3.8) is 0 Å². The maximum Gasteiger partial charge on any atom is 0.250 e. The number of thiophene rings is 1. The van der Waals surface area contributed by atoms with Crippen molar-refractivity contribution in [1.29, 1.82) is 0 Å². The van der Waals surface area contributed by atoms with Crippen LogP contribution in [0.2, 0.25) is 0 Å². The van der Waals surface area contributed by atoms with E-state index in [0.29, 0.717) is 0 Å². The molecule has 3 rings (SSSR count). The molecule has 0 bridgehead atoms. The quantitative estimate of drug-likeness (QED) is 0.383. The molecule has 2 aromatic heterocycles. The minimum Gasteiger partial charge on any atom is -0.302 e. The maximum absolute atomic E-state index is 12.0. The van der Waals surface area contributed by atoms with E-state index in [1.807, 2.05) is 41.1 Å². The molecule has 0 aliphatic carbocycles. The number of rotatable bonds is 7. The third kappa shape index (κ3) is 4.59. The summed E-state index contributed by atoms with van der Waals surface area (Å²) in [6, 6.07) is 12.0. The van der Waals surface area contributed by atoms with Crippen LogP contribution >= 0.6 is 23.1 Å². The van der Waals surface area contributed by atoms with Crippen LogP contribution < -0.4 is 5.43 Å². The third-order valence-corrected chi connectivity index (χ3v) is 5.37. The molecular weight excluding hydrogens is 366 g/mol. The van der Waals surface area contributed by atoms with E-state index in [1.54, 1.807) is 17.6 Å². The summed E-state index contributed by atoms with van der Waals surface area (Å²) in [5.74, 6) is 0.866. The number of aryl methyl sites for hydroxylation is 1. The fourth-order valence-electron chi connectivity index (χ4n) is 2.29. The van der Waals surface area contributed by atoms with Gasteiger partial charge in [0.2, 0.25) is 0 Å². The normalized spacial score (nSPS) is 11.2. The monoisotopic (exact) mass is 385 g/mol. The van der Waals surface area contributed by atoms with E-state index in [0.717, 1.165) is 28.0 Å². The number of hydrazone groups is 1. The Hall–Kier alpha value is -2.45. The van der Waals surface area contributed by atoms with Crippen LogP contribution in [-0.2, 0) is 11.3 Å². The lowest BCUT2D eigenvalue weighted by Gasteiger charge is -2.07. The van der Waals surface area contributed by atoms with Crippen LogP contribution in [0, 0.1) is 6.92 Å². The van der Waals surface area contributed by atoms with E-state index in [-0.39, 0.29) is 11.7 Å². The number of hydrogen-bond donors (Lipinski definition) is 1. The molecule has 3 aromatic rings. The summed E-state index contributed by atoms with van der Waals surface area (Å²) in [5, 5.41) is 15.2. The number of amides is 1. The fourth-order valence-corrected chi connectivity index (χ4v) is 3.67. The van der Waals surface area contributed by atoms with Gasteiger partial charge < -0.3 is 4.57 Å². The first-order chi connectivity index (χ1) is 12.7. The number of benzene rings is 1. The zero-order valence-electron chi connectivity index (χ0n) is 14.5. The van der Waals surface area contributed by atoms with Gasteiger partial charge in [0.15, 0.2) is 11.0 Å². The lowest BCUT2D eigenvalue weighted by Crippen LogP contribution is -2.19. The van der Waals surface area contributed by atoms with Crippen molar-refractivity contribution >= 4 is 35.2 Å². The molecule has 1 amide bonds. The van der Waals surface area contributed by atoms with Crippen molar-refractivity contribution in [1.82, 2.24) is 20.2 Å². The summed E-state index contributed by atoms with van der Waals surface area (Å²) in [4.78, 5) is 13.0. The fraction of sp³-hybridized carbons (Fsp3) is 0.222. The van der Waals surface area contributed by atoms with E-state index in [2.05, 4.69) is 39.8 Å². The average Bonchev–Trinajstić information content (AvgIpc) is 3.30. The highest BCUT2D eigenvalue weighted by molar-refractivity contribution is 7.99. The van der Waals surface area contributed by atoms with Gasteiger partial charge in [-0.05, 0) is 25.3 Å². The third-order valence-electron chi connectivity index (χ3n) is 3.60. The SMILES string of the molecule is CCn1c(SCC(=O)N/N=C/c2cccs2)nnc1-c1ccc(C)cc1. The van der Waals surface area contributed by atoms with Gasteiger partial charge in [-0.25, -0.2) is 5.43 Å². The minimum atomic E-state index is -0.176. The molecule has 0 spiro atoms. The van der Waals surface area contributed by atoms with Crippen molar-refractivity contribution in [2.75, 3.05) is 5.75 Å². The molecule has 0 saturated carbocycles. The first kappa shape index (κ1) is 18.3. The van der Waals surface area contributed by atoms with Gasteiger partial charge >= 0.3 is 0 Å². The molecule has 1 aromatic carbocycles. The number of thioether (sulfide) groups is 1. The first-order valence-electron chi connectivity index (χ1n) is 8.16. The zero-order valence-corrected chi connectivity index (χ0v) is 16.2. The van der Waals surface area contributed by atoms with Gasteiger partial charge in [0.25, 0.3) is 5.91 Å². The first-order valence-corrected chi connectivity index (χ1v) is 10.0. The van der Waals surface area contributed by atoms with Crippen LogP contribution in [0.15, 0.2) is 52.0 Å². The van der Waals surface area contributed by atoms with Crippen LogP contribution in [0.4, 0.5) is 0 Å². The molecule has 134 valence electrons. The number of carbonyl (C=O) groups is 1. The molecule has 0 aliphatic rings. The summed E-state index contributed by atoms with van der Waals surface area (Å²) in [7, 11) is 0. The molecule has 0 atom stereocenters. The van der Waals surface area contributed by atoms with E-state index in [1.165, 1.54) is 17.3 Å². The van der Waals surface area contributed by atoms with E-state index in [9.17, 15) is 4.79 Å². The standard InChI is InChI=1S/C18H19N5OS2/c1-3-23-17(14-8-6-13(2)7-9-14)21-22-18(23)26-12-16(24)20-19-11-15-5-4-10-25-15/h4-11H,3,12H2,1-2H3,(H,20,24)/b19-11+. The number of nitrogens with one attached hydrogen (secondary N) is 1. The number of hydrogen-bond acceptors (Lipinski definition) is 6. The highest BCUT2D eigenvalue weighted by Gasteiger charge is 2.14. The second kappa shape index (κ2) is 8.77. The van der Waals surface area contributed by atoms with Crippen LogP contribution in [0.1, 0.15) is 17.4 Å². The van der Waals surface area contributed by atoms with E-state index in [4.69, 9.17) is 0 Å². The van der Waals surface area contributed by atoms with Crippen molar-refractivity contribution in [3.8, 4) is 11.4 Å². The summed E-state index contributed by atoms with van der Waals surface area (Å²) in [5.41, 5.74) is 4.75. The molecule has 6 nitrogen and oxygen atoms in total. The Morgan fingerprint density at radius 2 is 2.12 bits per heavy atom. The van der Waals surface area contributed by atoms with Gasteiger partial charge in [-0.3, -0.25) is 4.79 Å². The van der Waals surface area contributed by atoms with Gasteiger partial charge in [-0.15, -0.1) is 21.5 Å². The second-order valence-electron chi connectivity index (χ2n) is 5.51. The van der Waals surface area contributed by atoms with Crippen LogP contribution in [0.5, 0.6) is 0 Å². The van der Waals surface area contributed by atoms with Crippen LogP contribution in [-0.4, -0.2) is 32.6 Å². The summed E-state index contributed by atoms with van der Waals surface area (Å²) in [6.45, 7) is 4.82. The molecule has 0 fully saturated rings. The Balaban J connectivity index is 1.61. The van der Waals surface area contributed by atoms with E-state index >= 15 is 0 Å². The Labute approximate surface area is 160 Å². The lowest BCUT2D eigenvalue weighted by atomic mass is 10.1. The van der Waals surface area contributed by atoms with Gasteiger partial charge in [-0.1, -0.05) is 47.7 Å². The zero-order chi connectivity index (χ0) is 18.4. The molecular formula is C18H19N5OS2. The van der Waals surface area contributed by atoms with Crippen LogP contribution in [0.25, 0.3) is 11.4 Å².